The third-order valence-corrected chi connectivity index (χ3v) is 5.56. The average molecular weight is 328 g/mol. The van der Waals surface area contributed by atoms with Gasteiger partial charge >= 0.3 is 0 Å². The molecule has 0 saturated heterocycles. The van der Waals surface area contributed by atoms with Crippen LogP contribution in [0.3, 0.4) is 0 Å². The maximum atomic E-state index is 12.2. The lowest BCUT2D eigenvalue weighted by Gasteiger charge is -2.16. The quantitative estimate of drug-likeness (QED) is 0.825. The number of ether oxygens (including phenoxy) is 1. The molecule has 0 heterocycles. The van der Waals surface area contributed by atoms with E-state index in [0.29, 0.717) is 18.2 Å². The number of benzene rings is 1. The molecule has 5 heteroatoms. The highest BCUT2D eigenvalue weighted by Gasteiger charge is 2.67. The van der Waals surface area contributed by atoms with Crippen LogP contribution in [0.1, 0.15) is 39.0 Å². The van der Waals surface area contributed by atoms with Gasteiger partial charge in [-0.25, -0.2) is 0 Å². The SMILES string of the molecule is C[C@]1(C(=O)Nc2cccc(OC3CCCC3)c2)CC1(Cl)Cl. The molecule has 0 aromatic heterocycles. The topological polar surface area (TPSA) is 38.3 Å². The number of nitrogens with one attached hydrogen (secondary N) is 1. The summed E-state index contributed by atoms with van der Waals surface area (Å²) in [6, 6.07) is 7.49. The third-order valence-electron chi connectivity index (χ3n) is 4.46. The fourth-order valence-corrected chi connectivity index (χ4v) is 3.47. The first-order valence-corrected chi connectivity index (χ1v) is 8.12. The van der Waals surface area contributed by atoms with E-state index in [4.69, 9.17) is 27.9 Å². The summed E-state index contributed by atoms with van der Waals surface area (Å²) in [7, 11) is 0. The Bertz CT molecular complexity index is 555. The zero-order valence-electron chi connectivity index (χ0n) is 12.0. The molecule has 2 saturated carbocycles. The van der Waals surface area contributed by atoms with E-state index < -0.39 is 9.75 Å². The summed E-state index contributed by atoms with van der Waals surface area (Å²) in [6.07, 6.45) is 5.45. The van der Waals surface area contributed by atoms with E-state index in [1.54, 1.807) is 6.92 Å². The second-order valence-corrected chi connectivity index (χ2v) is 7.70. The Kier molecular flexibility index (Phi) is 3.83. The van der Waals surface area contributed by atoms with E-state index >= 15 is 0 Å². The summed E-state index contributed by atoms with van der Waals surface area (Å²) in [5.74, 6) is 0.647. The molecule has 2 aliphatic carbocycles. The highest BCUT2D eigenvalue weighted by atomic mass is 35.5. The number of rotatable bonds is 4. The van der Waals surface area contributed by atoms with Crippen molar-refractivity contribution in [3.05, 3.63) is 24.3 Å². The number of carbonyl (C=O) groups excluding carboxylic acids is 1. The second-order valence-electron chi connectivity index (χ2n) is 6.22. The summed E-state index contributed by atoms with van der Waals surface area (Å²) in [6.45, 7) is 1.78. The highest BCUT2D eigenvalue weighted by Crippen LogP contribution is 2.64. The molecule has 0 unspecified atom stereocenters. The molecule has 1 atom stereocenters. The van der Waals surface area contributed by atoms with Gasteiger partial charge in [0.1, 0.15) is 10.1 Å². The lowest BCUT2D eigenvalue weighted by atomic mass is 10.1. The van der Waals surface area contributed by atoms with Crippen LogP contribution in [0.2, 0.25) is 0 Å². The molecular formula is C16H19Cl2NO2. The van der Waals surface area contributed by atoms with Crippen LogP contribution in [0.4, 0.5) is 5.69 Å². The molecular weight excluding hydrogens is 309 g/mol. The van der Waals surface area contributed by atoms with Crippen LogP contribution in [0.15, 0.2) is 24.3 Å². The fraction of sp³-hybridized carbons (Fsp3) is 0.562. The van der Waals surface area contributed by atoms with Crippen LogP contribution in [-0.4, -0.2) is 16.3 Å². The number of carbonyl (C=O) groups is 1. The van der Waals surface area contributed by atoms with Gasteiger partial charge in [-0.1, -0.05) is 6.07 Å². The minimum atomic E-state index is -0.949. The van der Waals surface area contributed by atoms with Crippen molar-refractivity contribution in [2.75, 3.05) is 5.32 Å². The number of hydrogen-bond acceptors (Lipinski definition) is 2. The number of anilines is 1. The van der Waals surface area contributed by atoms with Crippen LogP contribution < -0.4 is 10.1 Å². The van der Waals surface area contributed by atoms with E-state index in [1.165, 1.54) is 12.8 Å². The fourth-order valence-electron chi connectivity index (χ4n) is 2.76. The first-order chi connectivity index (χ1) is 9.91. The molecule has 0 bridgehead atoms. The first kappa shape index (κ1) is 15.0. The van der Waals surface area contributed by atoms with Crippen molar-refractivity contribution in [3.8, 4) is 5.75 Å². The van der Waals surface area contributed by atoms with E-state index in [1.807, 2.05) is 24.3 Å². The van der Waals surface area contributed by atoms with Gasteiger partial charge in [0.2, 0.25) is 5.91 Å². The predicted octanol–water partition coefficient (Wildman–Crippen LogP) is 4.53. The lowest BCUT2D eigenvalue weighted by molar-refractivity contribution is -0.120. The molecule has 2 fully saturated rings. The van der Waals surface area contributed by atoms with Gasteiger partial charge in [-0.15, -0.1) is 23.2 Å². The lowest BCUT2D eigenvalue weighted by Crippen LogP contribution is -2.25. The predicted molar refractivity (Wildman–Crippen MR) is 85.1 cm³/mol. The minimum Gasteiger partial charge on any atom is -0.490 e. The second kappa shape index (κ2) is 5.36. The van der Waals surface area contributed by atoms with Crippen LogP contribution in [0, 0.1) is 5.41 Å². The maximum Gasteiger partial charge on any atom is 0.233 e. The van der Waals surface area contributed by atoms with Crippen molar-refractivity contribution in [2.45, 2.75) is 49.5 Å². The van der Waals surface area contributed by atoms with E-state index in [0.717, 1.165) is 18.6 Å². The van der Waals surface area contributed by atoms with Gasteiger partial charge < -0.3 is 10.1 Å². The summed E-state index contributed by atoms with van der Waals surface area (Å²) in [5.41, 5.74) is 0.00562. The summed E-state index contributed by atoms with van der Waals surface area (Å²) in [4.78, 5) is 12.2. The van der Waals surface area contributed by atoms with Crippen LogP contribution in [0.5, 0.6) is 5.75 Å². The molecule has 0 radical (unpaired) electrons. The van der Waals surface area contributed by atoms with Crippen molar-refractivity contribution < 1.29 is 9.53 Å². The Morgan fingerprint density at radius 2 is 2.00 bits per heavy atom. The molecule has 1 aromatic carbocycles. The van der Waals surface area contributed by atoms with Gasteiger partial charge in [-0.3, -0.25) is 4.79 Å². The Labute approximate surface area is 135 Å². The molecule has 1 aromatic rings. The van der Waals surface area contributed by atoms with E-state index in [9.17, 15) is 4.79 Å². The molecule has 1 amide bonds. The molecule has 0 aliphatic heterocycles. The van der Waals surface area contributed by atoms with Crippen LogP contribution >= 0.6 is 23.2 Å². The van der Waals surface area contributed by atoms with Gasteiger partial charge in [-0.2, -0.15) is 0 Å². The summed E-state index contributed by atoms with van der Waals surface area (Å²) >= 11 is 12.1. The molecule has 3 rings (SSSR count). The number of halogens is 2. The monoisotopic (exact) mass is 327 g/mol. The van der Waals surface area contributed by atoms with Gasteiger partial charge in [0, 0.05) is 11.8 Å². The van der Waals surface area contributed by atoms with E-state index in [2.05, 4.69) is 5.32 Å². The zero-order chi connectivity index (χ0) is 15.1. The molecule has 0 spiro atoms. The normalized spacial score (nSPS) is 27.4. The van der Waals surface area contributed by atoms with Crippen LogP contribution in [-0.2, 0) is 4.79 Å². The minimum absolute atomic E-state index is 0.148. The molecule has 3 nitrogen and oxygen atoms in total. The van der Waals surface area contributed by atoms with Gasteiger partial charge in [0.05, 0.1) is 11.5 Å². The molecule has 21 heavy (non-hydrogen) atoms. The molecule has 114 valence electrons. The van der Waals surface area contributed by atoms with Gasteiger partial charge in [0.25, 0.3) is 0 Å². The highest BCUT2D eigenvalue weighted by molar-refractivity contribution is 6.53. The summed E-state index contributed by atoms with van der Waals surface area (Å²) in [5, 5.41) is 2.88. The Morgan fingerprint density at radius 1 is 1.33 bits per heavy atom. The van der Waals surface area contributed by atoms with Crippen molar-refractivity contribution in [2.24, 2.45) is 5.41 Å². The smallest absolute Gasteiger partial charge is 0.233 e. The van der Waals surface area contributed by atoms with Crippen molar-refractivity contribution in [3.63, 3.8) is 0 Å². The maximum absolute atomic E-state index is 12.2. The zero-order valence-corrected chi connectivity index (χ0v) is 13.5. The van der Waals surface area contributed by atoms with Crippen molar-refractivity contribution >= 4 is 34.8 Å². The summed E-state index contributed by atoms with van der Waals surface area (Å²) < 4.78 is 4.99. The van der Waals surface area contributed by atoms with Crippen molar-refractivity contribution in [1.82, 2.24) is 0 Å². The van der Waals surface area contributed by atoms with Gasteiger partial charge in [0.15, 0.2) is 0 Å². The van der Waals surface area contributed by atoms with E-state index in [-0.39, 0.29) is 5.91 Å². The number of alkyl halides is 2. The number of hydrogen-bond donors (Lipinski definition) is 1. The Morgan fingerprint density at radius 3 is 2.62 bits per heavy atom. The standard InChI is InChI=1S/C16H19Cl2NO2/c1-15(10-16(15,17)18)14(20)19-11-5-4-8-13(9-11)21-12-6-2-3-7-12/h4-5,8-9,12H,2-3,6-7,10H2,1H3,(H,19,20)/t15-/m1/s1. The van der Waals surface area contributed by atoms with Crippen LogP contribution in [0.25, 0.3) is 0 Å². The molecule has 2 aliphatic rings. The Balaban J connectivity index is 1.65. The van der Waals surface area contributed by atoms with Crippen molar-refractivity contribution in [1.29, 1.82) is 0 Å². The molecule has 1 N–H and O–H groups in total. The Hall–Kier alpha value is -0.930. The van der Waals surface area contributed by atoms with Gasteiger partial charge in [-0.05, 0) is 51.2 Å². The third kappa shape index (κ3) is 3.00. The first-order valence-electron chi connectivity index (χ1n) is 7.37. The largest absolute Gasteiger partial charge is 0.490 e. The number of amides is 1. The average Bonchev–Trinajstić information content (AvgIpc) is 2.79.